The predicted octanol–water partition coefficient (Wildman–Crippen LogP) is 4.60. The summed E-state index contributed by atoms with van der Waals surface area (Å²) in [5.74, 6) is 1.17. The molecule has 1 amide bonds. The Morgan fingerprint density at radius 1 is 1.17 bits per heavy atom. The number of imidazole rings is 1. The number of fused-ring (bicyclic) bond motifs is 1. The number of ether oxygens (including phenoxy) is 3. The number of likely N-dealkylation sites (tertiary alicyclic amines) is 1. The van der Waals surface area contributed by atoms with Crippen LogP contribution in [0.25, 0.3) is 0 Å². The van der Waals surface area contributed by atoms with E-state index >= 15 is 0 Å². The Bertz CT molecular complexity index is 1020. The third-order valence-corrected chi connectivity index (χ3v) is 6.35. The Balaban J connectivity index is 1.17. The largest absolute Gasteiger partial charge is 0.490 e. The van der Waals surface area contributed by atoms with E-state index < -0.39 is 10.5 Å². The first-order valence-electron chi connectivity index (χ1n) is 12.2. The zero-order valence-electron chi connectivity index (χ0n) is 20.6. The quantitative estimate of drug-likeness (QED) is 0.415. The molecule has 10 nitrogen and oxygen atoms in total. The lowest BCUT2D eigenvalue weighted by Crippen LogP contribution is -2.41. The van der Waals surface area contributed by atoms with Crippen molar-refractivity contribution in [2.24, 2.45) is 5.92 Å². The molecule has 1 aromatic heterocycles. The molecule has 10 heteroatoms. The van der Waals surface area contributed by atoms with Gasteiger partial charge in [0.15, 0.2) is 0 Å². The van der Waals surface area contributed by atoms with Crippen molar-refractivity contribution in [1.82, 2.24) is 14.5 Å². The first-order valence-corrected chi connectivity index (χ1v) is 12.2. The average Bonchev–Trinajstić information content (AvgIpc) is 3.25. The van der Waals surface area contributed by atoms with Gasteiger partial charge >= 0.3 is 17.9 Å². The van der Waals surface area contributed by atoms with E-state index in [1.165, 1.54) is 11.8 Å². The summed E-state index contributed by atoms with van der Waals surface area (Å²) < 4.78 is 18.8. The van der Waals surface area contributed by atoms with Crippen molar-refractivity contribution in [3.63, 3.8) is 0 Å². The van der Waals surface area contributed by atoms with Crippen LogP contribution in [-0.4, -0.2) is 56.9 Å². The van der Waals surface area contributed by atoms with Gasteiger partial charge in [-0.1, -0.05) is 12.1 Å². The minimum Gasteiger partial charge on any atom is -0.490 e. The molecular weight excluding hydrogens is 452 g/mol. The Morgan fingerprint density at radius 3 is 2.54 bits per heavy atom. The molecule has 0 radical (unpaired) electrons. The van der Waals surface area contributed by atoms with Gasteiger partial charge < -0.3 is 29.2 Å². The number of aromatic nitrogens is 2. The molecule has 2 aliphatic heterocycles. The van der Waals surface area contributed by atoms with E-state index in [-0.39, 0.29) is 24.0 Å². The topological polar surface area (TPSA) is 109 Å². The van der Waals surface area contributed by atoms with Crippen LogP contribution in [0.1, 0.15) is 52.0 Å². The number of carbonyl (C=O) groups is 1. The van der Waals surface area contributed by atoms with E-state index in [0.717, 1.165) is 44.5 Å². The SMILES string of the molecule is CC(C)(C)OC(=O)N1CCC(CCc2ccc(OCC3CCn4cc([N+](=O)[O-])nc4O3)cc2)CC1. The van der Waals surface area contributed by atoms with Crippen LogP contribution in [0.5, 0.6) is 11.8 Å². The lowest BCUT2D eigenvalue weighted by Gasteiger charge is -2.33. The highest BCUT2D eigenvalue weighted by atomic mass is 16.6. The van der Waals surface area contributed by atoms with Crippen LogP contribution in [0.4, 0.5) is 10.6 Å². The molecule has 2 aromatic rings. The van der Waals surface area contributed by atoms with Gasteiger partial charge in [-0.2, -0.15) is 0 Å². The molecule has 4 rings (SSSR count). The fraction of sp³-hybridized carbons (Fsp3) is 0.600. The lowest BCUT2D eigenvalue weighted by molar-refractivity contribution is -0.389. The number of nitrogens with zero attached hydrogens (tertiary/aromatic N) is 4. The lowest BCUT2D eigenvalue weighted by atomic mass is 9.90. The third kappa shape index (κ3) is 6.86. The summed E-state index contributed by atoms with van der Waals surface area (Å²) in [6.45, 7) is 8.15. The molecule has 1 saturated heterocycles. The highest BCUT2D eigenvalue weighted by Gasteiger charge is 2.29. The van der Waals surface area contributed by atoms with Gasteiger partial charge in [-0.3, -0.25) is 4.57 Å². The summed E-state index contributed by atoms with van der Waals surface area (Å²) in [6.07, 6.45) is 5.78. The van der Waals surface area contributed by atoms with Crippen molar-refractivity contribution in [3.05, 3.63) is 46.1 Å². The summed E-state index contributed by atoms with van der Waals surface area (Å²) in [7, 11) is 0. The number of aryl methyl sites for hydroxylation is 2. The fourth-order valence-corrected chi connectivity index (χ4v) is 4.38. The minimum absolute atomic E-state index is 0.198. The highest BCUT2D eigenvalue weighted by Crippen LogP contribution is 2.26. The van der Waals surface area contributed by atoms with Crippen LogP contribution in [0, 0.1) is 16.0 Å². The van der Waals surface area contributed by atoms with Crippen molar-refractivity contribution in [3.8, 4) is 11.8 Å². The van der Waals surface area contributed by atoms with Crippen molar-refractivity contribution < 1.29 is 23.9 Å². The van der Waals surface area contributed by atoms with Gasteiger partial charge in [0.2, 0.25) is 0 Å². The number of piperidine rings is 1. The van der Waals surface area contributed by atoms with E-state index in [1.54, 1.807) is 4.57 Å². The monoisotopic (exact) mass is 486 g/mol. The van der Waals surface area contributed by atoms with Gasteiger partial charge in [0.1, 0.15) is 30.3 Å². The van der Waals surface area contributed by atoms with Crippen molar-refractivity contribution in [1.29, 1.82) is 0 Å². The van der Waals surface area contributed by atoms with Crippen LogP contribution in [0.15, 0.2) is 30.5 Å². The number of nitro groups is 1. The molecule has 35 heavy (non-hydrogen) atoms. The second kappa shape index (κ2) is 10.5. The first kappa shape index (κ1) is 24.8. The predicted molar refractivity (Wildman–Crippen MR) is 129 cm³/mol. The van der Waals surface area contributed by atoms with Gasteiger partial charge in [0, 0.05) is 31.0 Å². The van der Waals surface area contributed by atoms with Crippen LogP contribution < -0.4 is 9.47 Å². The summed E-state index contributed by atoms with van der Waals surface area (Å²) in [4.78, 5) is 28.3. The molecule has 0 saturated carbocycles. The maximum Gasteiger partial charge on any atom is 0.414 e. The normalized spacial score (nSPS) is 18.5. The van der Waals surface area contributed by atoms with E-state index in [9.17, 15) is 14.9 Å². The van der Waals surface area contributed by atoms with Crippen LogP contribution in [0.2, 0.25) is 0 Å². The second-order valence-electron chi connectivity index (χ2n) is 10.3. The number of amides is 1. The molecule has 1 unspecified atom stereocenters. The molecule has 0 bridgehead atoms. The molecule has 190 valence electrons. The van der Waals surface area contributed by atoms with E-state index in [1.807, 2.05) is 37.8 Å². The van der Waals surface area contributed by atoms with Crippen molar-refractivity contribution >= 4 is 11.9 Å². The molecule has 1 atom stereocenters. The zero-order chi connectivity index (χ0) is 25.0. The fourth-order valence-electron chi connectivity index (χ4n) is 4.38. The molecule has 0 N–H and O–H groups in total. The maximum atomic E-state index is 12.2. The highest BCUT2D eigenvalue weighted by molar-refractivity contribution is 5.68. The number of hydrogen-bond acceptors (Lipinski definition) is 7. The van der Waals surface area contributed by atoms with Gasteiger partial charge in [-0.15, -0.1) is 0 Å². The maximum absolute atomic E-state index is 12.2. The third-order valence-electron chi connectivity index (χ3n) is 6.35. The Kier molecular flexibility index (Phi) is 7.47. The smallest absolute Gasteiger partial charge is 0.414 e. The zero-order valence-corrected chi connectivity index (χ0v) is 20.6. The minimum atomic E-state index is -0.519. The van der Waals surface area contributed by atoms with Crippen molar-refractivity contribution in [2.75, 3.05) is 19.7 Å². The first-order chi connectivity index (χ1) is 16.7. The average molecular weight is 487 g/mol. The number of carbonyl (C=O) groups excluding carboxylic acids is 1. The number of rotatable bonds is 7. The molecule has 2 aliphatic rings. The van der Waals surface area contributed by atoms with Crippen LogP contribution >= 0.6 is 0 Å². The summed E-state index contributed by atoms with van der Waals surface area (Å²) in [6, 6.07) is 8.37. The molecule has 1 fully saturated rings. The summed E-state index contributed by atoms with van der Waals surface area (Å²) in [5, 5.41) is 10.9. The van der Waals surface area contributed by atoms with Crippen molar-refractivity contribution in [2.45, 2.75) is 71.1 Å². The van der Waals surface area contributed by atoms with Gasteiger partial charge in [0.05, 0.1) is 0 Å². The standard InChI is InChI=1S/C25H34N4O6/c1-25(2,3)35-24(30)27-13-10-19(11-14-27)5-4-18-6-8-20(9-7-18)33-17-21-12-15-28-16-22(29(31)32)26-23(28)34-21/h6-9,16,19,21H,4-5,10-15,17H2,1-3H3. The summed E-state index contributed by atoms with van der Waals surface area (Å²) >= 11 is 0. The van der Waals surface area contributed by atoms with Crippen LogP contribution in [-0.2, 0) is 17.7 Å². The van der Waals surface area contributed by atoms with Gasteiger partial charge in [-0.05, 0) is 75.0 Å². The number of benzene rings is 1. The van der Waals surface area contributed by atoms with E-state index in [4.69, 9.17) is 14.2 Å². The molecule has 1 aromatic carbocycles. The van der Waals surface area contributed by atoms with Crippen LogP contribution in [0.3, 0.4) is 0 Å². The second-order valence-corrected chi connectivity index (χ2v) is 10.3. The Labute approximate surface area is 205 Å². The summed E-state index contributed by atoms with van der Waals surface area (Å²) in [5.41, 5.74) is 0.801. The molecule has 0 aliphatic carbocycles. The molecule has 3 heterocycles. The van der Waals surface area contributed by atoms with E-state index in [0.29, 0.717) is 25.5 Å². The van der Waals surface area contributed by atoms with E-state index in [2.05, 4.69) is 17.1 Å². The Morgan fingerprint density at radius 2 is 1.89 bits per heavy atom. The molecule has 0 spiro atoms. The van der Waals surface area contributed by atoms with Gasteiger partial charge in [0.25, 0.3) is 0 Å². The Hall–Kier alpha value is -3.30. The van der Waals surface area contributed by atoms with Gasteiger partial charge in [-0.25, -0.2) is 4.79 Å². The number of hydrogen-bond donors (Lipinski definition) is 0. The molecular formula is C25H34N4O6.